The normalized spacial score (nSPS) is 24.6. The highest BCUT2D eigenvalue weighted by molar-refractivity contribution is 5.77. The molecule has 0 spiro atoms. The summed E-state index contributed by atoms with van der Waals surface area (Å²) in [6.07, 6.45) is 6.21. The van der Waals surface area contributed by atoms with Gasteiger partial charge >= 0.3 is 0 Å². The first-order chi connectivity index (χ1) is 7.72. The molecule has 2 atom stereocenters. The lowest BCUT2D eigenvalue weighted by Gasteiger charge is -2.11. The maximum Gasteiger partial charge on any atom is 0.233 e. The highest BCUT2D eigenvalue weighted by atomic mass is 16.1. The molecule has 3 nitrogen and oxygen atoms in total. The Balaban J connectivity index is 1.96. The Morgan fingerprint density at radius 3 is 2.81 bits per heavy atom. The third kappa shape index (κ3) is 5.50. The molecule has 0 heterocycles. The van der Waals surface area contributed by atoms with Crippen LogP contribution in [0, 0.1) is 11.8 Å². The molecular weight excluding hydrogens is 200 g/mol. The van der Waals surface area contributed by atoms with Crippen molar-refractivity contribution in [2.24, 2.45) is 11.8 Å². The summed E-state index contributed by atoms with van der Waals surface area (Å²) in [5, 5.41) is 6.18. The van der Waals surface area contributed by atoms with E-state index in [1.807, 2.05) is 0 Å². The molecular formula is C13H26N2O. The van der Waals surface area contributed by atoms with Crippen LogP contribution >= 0.6 is 0 Å². The van der Waals surface area contributed by atoms with Crippen LogP contribution in [0.5, 0.6) is 0 Å². The summed E-state index contributed by atoms with van der Waals surface area (Å²) in [6.45, 7) is 6.75. The lowest BCUT2D eigenvalue weighted by molar-refractivity contribution is -0.120. The van der Waals surface area contributed by atoms with Gasteiger partial charge in [-0.15, -0.1) is 0 Å². The first kappa shape index (κ1) is 13.5. The van der Waals surface area contributed by atoms with Gasteiger partial charge in [0.2, 0.25) is 5.91 Å². The maximum absolute atomic E-state index is 11.4. The van der Waals surface area contributed by atoms with Gasteiger partial charge in [-0.3, -0.25) is 4.79 Å². The maximum atomic E-state index is 11.4. The molecule has 0 aromatic rings. The van der Waals surface area contributed by atoms with Crippen LogP contribution in [0.1, 0.15) is 46.0 Å². The van der Waals surface area contributed by atoms with Crippen LogP contribution in [0.25, 0.3) is 0 Å². The van der Waals surface area contributed by atoms with Crippen molar-refractivity contribution in [3.63, 3.8) is 0 Å². The van der Waals surface area contributed by atoms with E-state index in [4.69, 9.17) is 0 Å². The molecule has 0 radical (unpaired) electrons. The zero-order valence-corrected chi connectivity index (χ0v) is 10.7. The quantitative estimate of drug-likeness (QED) is 0.651. The fourth-order valence-corrected chi connectivity index (χ4v) is 2.37. The van der Waals surface area contributed by atoms with E-state index < -0.39 is 0 Å². The van der Waals surface area contributed by atoms with Gasteiger partial charge in [0.25, 0.3) is 0 Å². The van der Waals surface area contributed by atoms with Gasteiger partial charge in [-0.25, -0.2) is 0 Å². The van der Waals surface area contributed by atoms with Gasteiger partial charge in [0.05, 0.1) is 6.54 Å². The zero-order chi connectivity index (χ0) is 11.8. The van der Waals surface area contributed by atoms with Crippen molar-refractivity contribution < 1.29 is 4.79 Å². The van der Waals surface area contributed by atoms with Crippen molar-refractivity contribution >= 4 is 5.91 Å². The number of unbranched alkanes of at least 4 members (excludes halogenated alkanes) is 1. The van der Waals surface area contributed by atoms with E-state index in [9.17, 15) is 4.79 Å². The summed E-state index contributed by atoms with van der Waals surface area (Å²) in [4.78, 5) is 11.4. The van der Waals surface area contributed by atoms with Gasteiger partial charge in [0, 0.05) is 6.54 Å². The van der Waals surface area contributed by atoms with E-state index in [0.29, 0.717) is 6.54 Å². The van der Waals surface area contributed by atoms with Crippen molar-refractivity contribution in [3.05, 3.63) is 0 Å². The summed E-state index contributed by atoms with van der Waals surface area (Å²) in [5.74, 6) is 1.81. The SMILES string of the molecule is CCCCNC(=O)CNCC1CCC(C)C1. The second-order valence-corrected chi connectivity index (χ2v) is 5.12. The van der Waals surface area contributed by atoms with Crippen molar-refractivity contribution in [2.45, 2.75) is 46.0 Å². The fourth-order valence-electron chi connectivity index (χ4n) is 2.37. The minimum Gasteiger partial charge on any atom is -0.355 e. The number of nitrogens with one attached hydrogen (secondary N) is 2. The van der Waals surface area contributed by atoms with Crippen LogP contribution in [0.15, 0.2) is 0 Å². The molecule has 0 bridgehead atoms. The number of carbonyl (C=O) groups is 1. The van der Waals surface area contributed by atoms with E-state index in [0.717, 1.165) is 37.8 Å². The van der Waals surface area contributed by atoms with Crippen LogP contribution < -0.4 is 10.6 Å². The van der Waals surface area contributed by atoms with Crippen molar-refractivity contribution in [2.75, 3.05) is 19.6 Å². The lowest BCUT2D eigenvalue weighted by Crippen LogP contribution is -2.36. The smallest absolute Gasteiger partial charge is 0.233 e. The monoisotopic (exact) mass is 226 g/mol. The predicted octanol–water partition coefficient (Wildman–Crippen LogP) is 1.93. The molecule has 1 fully saturated rings. The Morgan fingerprint density at radius 2 is 2.19 bits per heavy atom. The number of rotatable bonds is 7. The summed E-state index contributed by atoms with van der Waals surface area (Å²) < 4.78 is 0. The van der Waals surface area contributed by atoms with Crippen LogP contribution in [-0.2, 0) is 4.79 Å². The second-order valence-electron chi connectivity index (χ2n) is 5.12. The first-order valence-corrected chi connectivity index (χ1v) is 6.69. The third-order valence-electron chi connectivity index (χ3n) is 3.37. The minimum atomic E-state index is 0.138. The van der Waals surface area contributed by atoms with Crippen molar-refractivity contribution in [3.8, 4) is 0 Å². The van der Waals surface area contributed by atoms with Gasteiger partial charge in [0.15, 0.2) is 0 Å². The summed E-state index contributed by atoms with van der Waals surface area (Å²) in [5.41, 5.74) is 0. The molecule has 2 N–H and O–H groups in total. The summed E-state index contributed by atoms with van der Waals surface area (Å²) >= 11 is 0. The lowest BCUT2D eigenvalue weighted by atomic mass is 10.1. The molecule has 0 aromatic carbocycles. The van der Waals surface area contributed by atoms with Crippen molar-refractivity contribution in [1.29, 1.82) is 0 Å². The second kappa shape index (κ2) is 7.66. The Bertz CT molecular complexity index is 206. The zero-order valence-electron chi connectivity index (χ0n) is 10.7. The molecule has 3 heteroatoms. The van der Waals surface area contributed by atoms with Crippen LogP contribution in [0.3, 0.4) is 0 Å². The predicted molar refractivity (Wildman–Crippen MR) is 67.3 cm³/mol. The van der Waals surface area contributed by atoms with Gasteiger partial charge in [-0.2, -0.15) is 0 Å². The Morgan fingerprint density at radius 1 is 1.38 bits per heavy atom. The average Bonchev–Trinajstić information content (AvgIpc) is 2.65. The van der Waals surface area contributed by atoms with Gasteiger partial charge in [0.1, 0.15) is 0 Å². The number of amides is 1. The van der Waals surface area contributed by atoms with E-state index in [2.05, 4.69) is 24.5 Å². The molecule has 94 valence electrons. The molecule has 0 saturated heterocycles. The molecule has 0 aliphatic heterocycles. The highest BCUT2D eigenvalue weighted by Crippen LogP contribution is 2.29. The molecule has 0 aromatic heterocycles. The number of hydrogen-bond donors (Lipinski definition) is 2. The molecule has 1 rings (SSSR count). The highest BCUT2D eigenvalue weighted by Gasteiger charge is 2.20. The van der Waals surface area contributed by atoms with Gasteiger partial charge < -0.3 is 10.6 Å². The molecule has 1 amide bonds. The van der Waals surface area contributed by atoms with E-state index in [1.165, 1.54) is 19.3 Å². The molecule has 16 heavy (non-hydrogen) atoms. The largest absolute Gasteiger partial charge is 0.355 e. The van der Waals surface area contributed by atoms with E-state index in [-0.39, 0.29) is 5.91 Å². The standard InChI is InChI=1S/C13H26N2O/c1-3-4-7-15-13(16)10-14-9-12-6-5-11(2)8-12/h11-12,14H,3-10H2,1-2H3,(H,15,16). The van der Waals surface area contributed by atoms with E-state index in [1.54, 1.807) is 0 Å². The summed E-state index contributed by atoms with van der Waals surface area (Å²) in [7, 11) is 0. The van der Waals surface area contributed by atoms with Crippen molar-refractivity contribution in [1.82, 2.24) is 10.6 Å². The topological polar surface area (TPSA) is 41.1 Å². The van der Waals surface area contributed by atoms with Crippen LogP contribution in [0.2, 0.25) is 0 Å². The Labute approximate surface area is 99.4 Å². The number of hydrogen-bond acceptors (Lipinski definition) is 2. The molecule has 1 saturated carbocycles. The third-order valence-corrected chi connectivity index (χ3v) is 3.37. The molecule has 1 aliphatic rings. The van der Waals surface area contributed by atoms with Gasteiger partial charge in [-0.05, 0) is 37.6 Å². The van der Waals surface area contributed by atoms with Gasteiger partial charge in [-0.1, -0.05) is 26.7 Å². The minimum absolute atomic E-state index is 0.138. The molecule has 2 unspecified atom stereocenters. The molecule has 1 aliphatic carbocycles. The van der Waals surface area contributed by atoms with E-state index >= 15 is 0 Å². The van der Waals surface area contributed by atoms with Crippen LogP contribution in [-0.4, -0.2) is 25.5 Å². The Hall–Kier alpha value is -0.570. The first-order valence-electron chi connectivity index (χ1n) is 6.69. The summed E-state index contributed by atoms with van der Waals surface area (Å²) in [6, 6.07) is 0. The fraction of sp³-hybridized carbons (Fsp3) is 0.923. The average molecular weight is 226 g/mol. The van der Waals surface area contributed by atoms with Crippen LogP contribution in [0.4, 0.5) is 0 Å². The number of carbonyl (C=O) groups excluding carboxylic acids is 1. The Kier molecular flexibility index (Phi) is 6.46.